The highest BCUT2D eigenvalue weighted by atomic mass is 16.4. The van der Waals surface area contributed by atoms with Gasteiger partial charge in [-0.25, -0.2) is 14.5 Å². The molecule has 0 spiro atoms. The zero-order chi connectivity index (χ0) is 17.1. The summed E-state index contributed by atoms with van der Waals surface area (Å²) in [7, 11) is 0. The lowest BCUT2D eigenvalue weighted by Crippen LogP contribution is -2.07. The van der Waals surface area contributed by atoms with E-state index in [0.29, 0.717) is 23.2 Å². The van der Waals surface area contributed by atoms with Crippen LogP contribution in [0.25, 0.3) is 5.69 Å². The first-order valence-corrected chi connectivity index (χ1v) is 7.31. The average molecular weight is 318 g/mol. The molecule has 0 amide bonds. The summed E-state index contributed by atoms with van der Waals surface area (Å²) in [6, 6.07) is 13.2. The first kappa shape index (κ1) is 15.4. The fourth-order valence-electron chi connectivity index (χ4n) is 2.55. The lowest BCUT2D eigenvalue weighted by molar-refractivity contribution is 0.0690. The number of carboxylic acids is 1. The van der Waals surface area contributed by atoms with Crippen LogP contribution in [-0.4, -0.2) is 25.8 Å². The quantitative estimate of drug-likeness (QED) is 0.798. The first-order valence-electron chi connectivity index (χ1n) is 7.31. The van der Waals surface area contributed by atoms with Crippen molar-refractivity contribution in [3.8, 4) is 11.8 Å². The Morgan fingerprint density at radius 3 is 2.67 bits per heavy atom. The number of benzene rings is 1. The van der Waals surface area contributed by atoms with Crippen LogP contribution in [0.1, 0.15) is 32.9 Å². The molecule has 0 unspecified atom stereocenters. The van der Waals surface area contributed by atoms with E-state index in [1.807, 2.05) is 36.5 Å². The fraction of sp³-hybridized carbons (Fsp3) is 0.111. The zero-order valence-electron chi connectivity index (χ0n) is 13.0. The Bertz CT molecular complexity index is 923. The maximum atomic E-state index is 11.2. The van der Waals surface area contributed by atoms with Gasteiger partial charge in [-0.15, -0.1) is 0 Å². The lowest BCUT2D eigenvalue weighted by Gasteiger charge is -2.09. The molecular weight excluding hydrogens is 304 g/mol. The summed E-state index contributed by atoms with van der Waals surface area (Å²) in [4.78, 5) is 15.1. The van der Waals surface area contributed by atoms with Crippen molar-refractivity contribution >= 4 is 5.97 Å². The minimum Gasteiger partial charge on any atom is -0.477 e. The van der Waals surface area contributed by atoms with Crippen molar-refractivity contribution < 1.29 is 9.90 Å². The topological polar surface area (TPSA) is 91.8 Å². The summed E-state index contributed by atoms with van der Waals surface area (Å²) in [5.41, 5.74) is 3.38. The van der Waals surface area contributed by atoms with E-state index >= 15 is 0 Å². The molecule has 3 rings (SSSR count). The van der Waals surface area contributed by atoms with Crippen molar-refractivity contribution in [2.24, 2.45) is 0 Å². The van der Waals surface area contributed by atoms with Crippen LogP contribution < -0.4 is 0 Å². The van der Waals surface area contributed by atoms with E-state index in [-0.39, 0.29) is 5.69 Å². The molecule has 24 heavy (non-hydrogen) atoms. The summed E-state index contributed by atoms with van der Waals surface area (Å²) in [6.07, 6.45) is 4.03. The van der Waals surface area contributed by atoms with Crippen LogP contribution in [0.15, 0.2) is 48.8 Å². The third-order valence-corrected chi connectivity index (χ3v) is 3.71. The Morgan fingerprint density at radius 1 is 1.33 bits per heavy atom. The van der Waals surface area contributed by atoms with E-state index in [1.165, 1.54) is 6.07 Å². The highest BCUT2D eigenvalue weighted by molar-refractivity contribution is 5.85. The van der Waals surface area contributed by atoms with Gasteiger partial charge in [0.15, 0.2) is 0 Å². The molecular formula is C18H14N4O2. The van der Waals surface area contributed by atoms with Gasteiger partial charge in [-0.2, -0.15) is 10.4 Å². The van der Waals surface area contributed by atoms with Crippen LogP contribution in [0, 0.1) is 18.3 Å². The number of rotatable bonds is 4. The van der Waals surface area contributed by atoms with Crippen LogP contribution >= 0.6 is 0 Å². The molecule has 3 aromatic rings. The van der Waals surface area contributed by atoms with Crippen molar-refractivity contribution in [2.75, 3.05) is 0 Å². The molecule has 0 saturated carbocycles. The zero-order valence-corrected chi connectivity index (χ0v) is 13.0. The van der Waals surface area contributed by atoms with Gasteiger partial charge in [0, 0.05) is 12.4 Å². The van der Waals surface area contributed by atoms with Crippen LogP contribution in [0.4, 0.5) is 0 Å². The van der Waals surface area contributed by atoms with Crippen molar-refractivity contribution in [3.63, 3.8) is 0 Å². The molecule has 118 valence electrons. The number of aryl methyl sites for hydroxylation is 1. The normalized spacial score (nSPS) is 10.3. The molecule has 0 radical (unpaired) electrons. The van der Waals surface area contributed by atoms with Crippen LogP contribution in [-0.2, 0) is 6.42 Å². The van der Waals surface area contributed by atoms with Gasteiger partial charge in [-0.1, -0.05) is 12.1 Å². The molecule has 1 N–H and O–H groups in total. The largest absolute Gasteiger partial charge is 0.477 e. The molecule has 6 nitrogen and oxygen atoms in total. The van der Waals surface area contributed by atoms with Crippen molar-refractivity contribution in [3.05, 3.63) is 76.9 Å². The molecule has 0 aliphatic carbocycles. The predicted molar refractivity (Wildman–Crippen MR) is 87.0 cm³/mol. The minimum absolute atomic E-state index is 0.0466. The van der Waals surface area contributed by atoms with E-state index in [4.69, 9.17) is 5.11 Å². The number of nitrogens with zero attached hydrogens (tertiary/aromatic N) is 4. The highest BCUT2D eigenvalue weighted by Crippen LogP contribution is 2.19. The molecule has 0 saturated heterocycles. The van der Waals surface area contributed by atoms with Crippen molar-refractivity contribution in [1.82, 2.24) is 14.8 Å². The molecule has 0 bridgehead atoms. The fourth-order valence-corrected chi connectivity index (χ4v) is 2.55. The van der Waals surface area contributed by atoms with E-state index in [0.717, 1.165) is 11.3 Å². The molecule has 1 aromatic carbocycles. The molecule has 0 aliphatic rings. The number of hydrogen-bond acceptors (Lipinski definition) is 4. The number of carboxylic acid groups (broad SMARTS) is 1. The number of carbonyl (C=O) groups is 1. The summed E-state index contributed by atoms with van der Waals surface area (Å²) >= 11 is 0. The SMILES string of the molecule is Cc1nc(C(=O)O)cc(Cc2ccc(-n3cccn3)cc2)c1C#N. The van der Waals surface area contributed by atoms with Gasteiger partial charge in [-0.3, -0.25) is 0 Å². The Labute approximate surface area is 138 Å². The average Bonchev–Trinajstić information content (AvgIpc) is 3.09. The van der Waals surface area contributed by atoms with Gasteiger partial charge < -0.3 is 5.11 Å². The molecule has 6 heteroatoms. The Morgan fingerprint density at radius 2 is 2.08 bits per heavy atom. The smallest absolute Gasteiger partial charge is 0.354 e. The second kappa shape index (κ2) is 6.34. The monoisotopic (exact) mass is 318 g/mol. The Hall–Kier alpha value is -3.46. The van der Waals surface area contributed by atoms with Crippen LogP contribution in [0.3, 0.4) is 0 Å². The Kier molecular flexibility index (Phi) is 4.08. The van der Waals surface area contributed by atoms with Gasteiger partial charge in [-0.05, 0) is 48.7 Å². The number of aromatic carboxylic acids is 1. The molecule has 2 heterocycles. The second-order valence-electron chi connectivity index (χ2n) is 5.34. The van der Waals surface area contributed by atoms with Gasteiger partial charge >= 0.3 is 5.97 Å². The van der Waals surface area contributed by atoms with Crippen LogP contribution in [0.2, 0.25) is 0 Å². The first-order chi connectivity index (χ1) is 11.6. The third-order valence-electron chi connectivity index (χ3n) is 3.71. The van der Waals surface area contributed by atoms with Gasteiger partial charge in [0.2, 0.25) is 0 Å². The molecule has 0 aliphatic heterocycles. The minimum atomic E-state index is -1.10. The summed E-state index contributed by atoms with van der Waals surface area (Å²) in [5.74, 6) is -1.10. The Balaban J connectivity index is 1.93. The van der Waals surface area contributed by atoms with Gasteiger partial charge in [0.1, 0.15) is 11.8 Å². The van der Waals surface area contributed by atoms with Crippen LogP contribution in [0.5, 0.6) is 0 Å². The van der Waals surface area contributed by atoms with Gasteiger partial charge in [0.05, 0.1) is 16.9 Å². The number of hydrogen-bond donors (Lipinski definition) is 1. The molecule has 2 aromatic heterocycles. The number of aromatic nitrogens is 3. The second-order valence-corrected chi connectivity index (χ2v) is 5.34. The standard InChI is InChI=1S/C18H14N4O2/c1-12-16(11-19)14(10-17(21-12)18(23)24)9-13-3-5-15(6-4-13)22-8-2-7-20-22/h2-8,10H,9H2,1H3,(H,23,24). The van der Waals surface area contributed by atoms with E-state index in [9.17, 15) is 10.1 Å². The summed E-state index contributed by atoms with van der Waals surface area (Å²) in [5, 5.41) is 22.6. The predicted octanol–water partition coefficient (Wildman–Crippen LogP) is 2.74. The summed E-state index contributed by atoms with van der Waals surface area (Å²) in [6.45, 7) is 1.65. The highest BCUT2D eigenvalue weighted by Gasteiger charge is 2.14. The third kappa shape index (κ3) is 3.01. The van der Waals surface area contributed by atoms with E-state index in [1.54, 1.807) is 17.8 Å². The van der Waals surface area contributed by atoms with Gasteiger partial charge in [0.25, 0.3) is 0 Å². The molecule has 0 fully saturated rings. The van der Waals surface area contributed by atoms with E-state index in [2.05, 4.69) is 16.2 Å². The number of pyridine rings is 1. The lowest BCUT2D eigenvalue weighted by atomic mass is 9.99. The summed E-state index contributed by atoms with van der Waals surface area (Å²) < 4.78 is 1.75. The molecule has 0 atom stereocenters. The van der Waals surface area contributed by atoms with E-state index < -0.39 is 5.97 Å². The maximum Gasteiger partial charge on any atom is 0.354 e. The maximum absolute atomic E-state index is 11.2. The van der Waals surface area contributed by atoms with Crippen molar-refractivity contribution in [2.45, 2.75) is 13.3 Å². The van der Waals surface area contributed by atoms with Crippen molar-refractivity contribution in [1.29, 1.82) is 5.26 Å². The number of nitriles is 1.